The fourth-order valence-corrected chi connectivity index (χ4v) is 5.72. The molecule has 7 heteroatoms. The van der Waals surface area contributed by atoms with Crippen molar-refractivity contribution in [2.75, 3.05) is 0 Å². The van der Waals surface area contributed by atoms with Gasteiger partial charge in [-0.2, -0.15) is 0 Å². The van der Waals surface area contributed by atoms with E-state index in [1.165, 1.54) is 11.6 Å². The first kappa shape index (κ1) is 20.6. The first-order valence-corrected chi connectivity index (χ1v) is 11.4. The van der Waals surface area contributed by atoms with Crippen LogP contribution in [0.25, 0.3) is 5.69 Å². The molecule has 2 aromatic heterocycles. The highest BCUT2D eigenvalue weighted by atomic mass is 35.5. The molecular weight excluding hydrogens is 413 g/mol. The fourth-order valence-electron chi connectivity index (χ4n) is 5.32. The number of halogens is 2. The van der Waals surface area contributed by atoms with Gasteiger partial charge in [0.25, 0.3) is 0 Å². The number of hydrogen-bond acceptors (Lipinski definition) is 4. The van der Waals surface area contributed by atoms with Gasteiger partial charge in [0.2, 0.25) is 0 Å². The topological polar surface area (TPSA) is 55.6 Å². The maximum atomic E-state index is 14.5. The summed E-state index contributed by atoms with van der Waals surface area (Å²) in [4.78, 5) is 3.93. The summed E-state index contributed by atoms with van der Waals surface area (Å²) in [6.45, 7) is 5.85. The van der Waals surface area contributed by atoms with E-state index in [0.29, 0.717) is 18.2 Å². The van der Waals surface area contributed by atoms with Crippen LogP contribution in [0, 0.1) is 17.7 Å². The lowest BCUT2D eigenvalue weighted by Crippen LogP contribution is -2.35. The average Bonchev–Trinajstić information content (AvgIpc) is 3.15. The number of nitrogens with zero attached hydrogens (tertiary/aromatic N) is 4. The van der Waals surface area contributed by atoms with Crippen molar-refractivity contribution in [3.63, 3.8) is 0 Å². The standard InChI is InChI=1S/C24H27ClFN5/c1-15(2)19-11-24(25,8-7-18(19)23-20(26)4-3-9-28-23)17-5-6-21-16(10-17)12-27-13-22-30-29-14-31(21)22/h3-6,9-10,14-15,18-19,27H,7-8,11-13H2,1-2H3. The molecule has 31 heavy (non-hydrogen) atoms. The fraction of sp³-hybridized carbons (Fsp3) is 0.458. The van der Waals surface area contributed by atoms with Crippen molar-refractivity contribution in [2.45, 2.75) is 57.0 Å². The maximum Gasteiger partial charge on any atom is 0.151 e. The Morgan fingerprint density at radius 3 is 2.94 bits per heavy atom. The highest BCUT2D eigenvalue weighted by Gasteiger charge is 2.43. The van der Waals surface area contributed by atoms with Gasteiger partial charge in [-0.15, -0.1) is 21.8 Å². The summed E-state index contributed by atoms with van der Waals surface area (Å²) in [5, 5.41) is 11.7. The molecule has 1 saturated carbocycles. The van der Waals surface area contributed by atoms with Gasteiger partial charge in [0.1, 0.15) is 12.1 Å². The lowest BCUT2D eigenvalue weighted by atomic mass is 9.66. The Bertz CT molecular complexity index is 1100. The summed E-state index contributed by atoms with van der Waals surface area (Å²) >= 11 is 7.33. The van der Waals surface area contributed by atoms with Crippen LogP contribution in [0.5, 0.6) is 0 Å². The average molecular weight is 440 g/mol. The van der Waals surface area contributed by atoms with Crippen LogP contribution in [0.1, 0.15) is 61.7 Å². The summed E-state index contributed by atoms with van der Waals surface area (Å²) in [7, 11) is 0. The number of aromatic nitrogens is 4. The van der Waals surface area contributed by atoms with Gasteiger partial charge in [-0.3, -0.25) is 9.55 Å². The first-order valence-electron chi connectivity index (χ1n) is 11.0. The molecule has 3 aromatic rings. The van der Waals surface area contributed by atoms with E-state index < -0.39 is 4.87 Å². The predicted molar refractivity (Wildman–Crippen MR) is 119 cm³/mol. The lowest BCUT2D eigenvalue weighted by molar-refractivity contribution is 0.192. The van der Waals surface area contributed by atoms with Crippen LogP contribution < -0.4 is 5.32 Å². The van der Waals surface area contributed by atoms with E-state index in [-0.39, 0.29) is 17.7 Å². The maximum absolute atomic E-state index is 14.5. The summed E-state index contributed by atoms with van der Waals surface area (Å²) in [5.41, 5.74) is 4.01. The van der Waals surface area contributed by atoms with Gasteiger partial charge in [0, 0.05) is 18.7 Å². The molecule has 5 rings (SSSR count). The molecule has 0 radical (unpaired) electrons. The number of fused-ring (bicyclic) bond motifs is 3. The van der Waals surface area contributed by atoms with Crippen LogP contribution in [0.3, 0.4) is 0 Å². The molecule has 3 heterocycles. The number of alkyl halides is 1. The van der Waals surface area contributed by atoms with Crippen molar-refractivity contribution < 1.29 is 4.39 Å². The van der Waals surface area contributed by atoms with Crippen LogP contribution >= 0.6 is 11.6 Å². The number of benzene rings is 1. The molecule has 2 aliphatic rings. The van der Waals surface area contributed by atoms with E-state index in [9.17, 15) is 4.39 Å². The molecule has 1 aliphatic carbocycles. The van der Waals surface area contributed by atoms with E-state index in [1.807, 2.05) is 4.57 Å². The Kier molecular flexibility index (Phi) is 5.30. The zero-order valence-corrected chi connectivity index (χ0v) is 18.6. The van der Waals surface area contributed by atoms with Crippen molar-refractivity contribution in [3.05, 3.63) is 71.3 Å². The number of pyridine rings is 1. The molecule has 0 saturated heterocycles. The largest absolute Gasteiger partial charge is 0.306 e. The first-order chi connectivity index (χ1) is 15.0. The monoisotopic (exact) mass is 439 g/mol. The number of nitrogens with one attached hydrogen (secondary N) is 1. The second kappa shape index (κ2) is 7.99. The van der Waals surface area contributed by atoms with Gasteiger partial charge < -0.3 is 5.32 Å². The van der Waals surface area contributed by atoms with Gasteiger partial charge in [0.15, 0.2) is 5.82 Å². The molecule has 0 bridgehead atoms. The second-order valence-corrected chi connectivity index (χ2v) is 9.88. The third-order valence-electron chi connectivity index (χ3n) is 7.00. The van der Waals surface area contributed by atoms with Crippen LogP contribution in [-0.4, -0.2) is 19.7 Å². The molecule has 162 valence electrons. The van der Waals surface area contributed by atoms with Crippen molar-refractivity contribution >= 4 is 11.6 Å². The summed E-state index contributed by atoms with van der Waals surface area (Å²) in [6.07, 6.45) is 5.88. The number of hydrogen-bond donors (Lipinski definition) is 1. The summed E-state index contributed by atoms with van der Waals surface area (Å²) < 4.78 is 16.6. The van der Waals surface area contributed by atoms with Crippen molar-refractivity contribution in [1.29, 1.82) is 0 Å². The van der Waals surface area contributed by atoms with Gasteiger partial charge >= 0.3 is 0 Å². The Hall–Kier alpha value is -2.31. The van der Waals surface area contributed by atoms with Gasteiger partial charge in [-0.05, 0) is 60.4 Å². The molecule has 1 aliphatic heterocycles. The van der Waals surface area contributed by atoms with E-state index in [4.69, 9.17) is 11.6 Å². The second-order valence-electron chi connectivity index (χ2n) is 9.16. The molecule has 5 nitrogen and oxygen atoms in total. The van der Waals surface area contributed by atoms with E-state index in [2.05, 4.69) is 52.5 Å². The molecule has 1 aromatic carbocycles. The van der Waals surface area contributed by atoms with Crippen molar-refractivity contribution in [1.82, 2.24) is 25.1 Å². The Morgan fingerprint density at radius 1 is 1.26 bits per heavy atom. The molecule has 3 unspecified atom stereocenters. The van der Waals surface area contributed by atoms with Crippen molar-refractivity contribution in [2.24, 2.45) is 11.8 Å². The molecule has 0 amide bonds. The Labute approximate surface area is 187 Å². The SMILES string of the molecule is CC(C)C1CC(Cl)(c2ccc3c(c2)CNCc2nncn2-3)CCC1c1ncccc1F. The molecule has 1 N–H and O–H groups in total. The van der Waals surface area contributed by atoms with Gasteiger partial charge in [0.05, 0.1) is 22.8 Å². The molecule has 1 fully saturated rings. The predicted octanol–water partition coefficient (Wildman–Crippen LogP) is 5.08. The van der Waals surface area contributed by atoms with Crippen molar-refractivity contribution in [3.8, 4) is 5.69 Å². The quantitative estimate of drug-likeness (QED) is 0.578. The van der Waals surface area contributed by atoms with Crippen LogP contribution in [0.4, 0.5) is 4.39 Å². The smallest absolute Gasteiger partial charge is 0.151 e. The van der Waals surface area contributed by atoms with Crippen LogP contribution in [-0.2, 0) is 18.0 Å². The Morgan fingerprint density at radius 2 is 2.13 bits per heavy atom. The minimum absolute atomic E-state index is 0.0927. The Balaban J connectivity index is 1.48. The van der Waals surface area contributed by atoms with Gasteiger partial charge in [-0.25, -0.2) is 4.39 Å². The highest BCUT2D eigenvalue weighted by molar-refractivity contribution is 6.24. The van der Waals surface area contributed by atoms with Gasteiger partial charge in [-0.1, -0.05) is 26.0 Å². The lowest BCUT2D eigenvalue weighted by Gasteiger charge is -2.43. The third kappa shape index (κ3) is 3.66. The minimum Gasteiger partial charge on any atom is -0.306 e. The van der Waals surface area contributed by atoms with E-state index in [1.54, 1.807) is 18.6 Å². The normalized spacial score (nSPS) is 25.7. The summed E-state index contributed by atoms with van der Waals surface area (Å²) in [5.74, 6) is 1.44. The zero-order valence-electron chi connectivity index (χ0n) is 17.9. The van der Waals surface area contributed by atoms with E-state index >= 15 is 0 Å². The third-order valence-corrected chi connectivity index (χ3v) is 7.56. The van der Waals surface area contributed by atoms with E-state index in [0.717, 1.165) is 42.9 Å². The zero-order chi connectivity index (χ0) is 21.6. The number of rotatable bonds is 3. The molecule has 3 atom stereocenters. The van der Waals surface area contributed by atoms with Crippen LogP contribution in [0.15, 0.2) is 42.9 Å². The molecule has 0 spiro atoms. The minimum atomic E-state index is -0.464. The molecular formula is C24H27ClFN5. The van der Waals surface area contributed by atoms with Crippen LogP contribution in [0.2, 0.25) is 0 Å². The summed E-state index contributed by atoms with van der Waals surface area (Å²) in [6, 6.07) is 9.66. The highest BCUT2D eigenvalue weighted by Crippen LogP contribution is 2.53.